The molecule has 2 atom stereocenters. The summed E-state index contributed by atoms with van der Waals surface area (Å²) in [5.41, 5.74) is 17.3. The van der Waals surface area contributed by atoms with Crippen LogP contribution in [0, 0.1) is 0 Å². The molecule has 0 amide bonds. The van der Waals surface area contributed by atoms with Crippen molar-refractivity contribution in [2.75, 3.05) is 4.90 Å². The quantitative estimate of drug-likeness (QED) is 0.157. The first-order chi connectivity index (χ1) is 31.5. The van der Waals surface area contributed by atoms with Gasteiger partial charge in [-0.2, -0.15) is 0 Å². The van der Waals surface area contributed by atoms with Crippen LogP contribution in [0.5, 0.6) is 0 Å². The molecule has 0 saturated heterocycles. The number of allylic oxidation sites excluding steroid dienone is 2. The van der Waals surface area contributed by atoms with Gasteiger partial charge in [0.15, 0.2) is 0 Å². The molecule has 306 valence electrons. The van der Waals surface area contributed by atoms with E-state index in [0.717, 1.165) is 6.42 Å². The molecule has 64 heavy (non-hydrogen) atoms. The van der Waals surface area contributed by atoms with Crippen molar-refractivity contribution in [3.8, 4) is 33.4 Å². The Labute approximate surface area is 381 Å². The molecule has 2 heteroatoms. The van der Waals surface area contributed by atoms with Gasteiger partial charge < -0.3 is 4.90 Å². The first-order valence-electron chi connectivity index (χ1n) is 22.5. The van der Waals surface area contributed by atoms with Gasteiger partial charge in [0.2, 0.25) is 0 Å². The lowest BCUT2D eigenvalue weighted by Crippen LogP contribution is -2.39. The normalized spacial score (nSPS) is 17.8. The Bertz CT molecular complexity index is 3200. The second-order valence-electron chi connectivity index (χ2n) is 18.0. The van der Waals surface area contributed by atoms with E-state index in [4.69, 9.17) is 0 Å². The van der Waals surface area contributed by atoms with Gasteiger partial charge in [0.05, 0.1) is 11.5 Å². The van der Waals surface area contributed by atoms with E-state index in [9.17, 15) is 0 Å². The summed E-state index contributed by atoms with van der Waals surface area (Å²) < 4.78 is 0. The first kappa shape index (κ1) is 38.5. The molecule has 1 nitrogen and oxygen atoms in total. The summed E-state index contributed by atoms with van der Waals surface area (Å²) >= 11 is 1.92. The highest BCUT2D eigenvalue weighted by Crippen LogP contribution is 2.61. The number of hydrogen-bond donors (Lipinski definition) is 0. The fourth-order valence-electron chi connectivity index (χ4n) is 11.1. The van der Waals surface area contributed by atoms with Crippen LogP contribution in [0.1, 0.15) is 48.1 Å². The van der Waals surface area contributed by atoms with E-state index in [-0.39, 0.29) is 11.5 Å². The van der Waals surface area contributed by atoms with Crippen molar-refractivity contribution in [1.82, 2.24) is 0 Å². The van der Waals surface area contributed by atoms with Gasteiger partial charge in [-0.25, -0.2) is 0 Å². The van der Waals surface area contributed by atoms with Gasteiger partial charge in [-0.05, 0) is 126 Å². The van der Waals surface area contributed by atoms with Crippen LogP contribution >= 0.6 is 11.8 Å². The summed E-state index contributed by atoms with van der Waals surface area (Å²) in [4.78, 5) is 5.16. The highest BCUT2D eigenvalue weighted by molar-refractivity contribution is 7.99. The highest BCUT2D eigenvalue weighted by atomic mass is 32.2. The van der Waals surface area contributed by atoms with E-state index in [1.165, 1.54) is 98.7 Å². The minimum absolute atomic E-state index is 0.0809. The van der Waals surface area contributed by atoms with Gasteiger partial charge in [0, 0.05) is 26.6 Å². The number of fused-ring (bicyclic) bond motifs is 6. The van der Waals surface area contributed by atoms with Crippen LogP contribution in [-0.2, 0) is 10.8 Å². The van der Waals surface area contributed by atoms with E-state index in [1.54, 1.807) is 0 Å². The second kappa shape index (κ2) is 15.3. The van der Waals surface area contributed by atoms with E-state index in [2.05, 4.69) is 249 Å². The molecule has 0 radical (unpaired) electrons. The zero-order valence-corrected chi connectivity index (χ0v) is 36.9. The van der Waals surface area contributed by atoms with Crippen LogP contribution in [0.25, 0.3) is 44.2 Å². The first-order valence-corrected chi connectivity index (χ1v) is 23.3. The summed E-state index contributed by atoms with van der Waals surface area (Å²) in [6.07, 6.45) is 8.39. The van der Waals surface area contributed by atoms with Crippen molar-refractivity contribution in [3.63, 3.8) is 0 Å². The number of benzene rings is 9. The van der Waals surface area contributed by atoms with Gasteiger partial charge >= 0.3 is 0 Å². The van der Waals surface area contributed by atoms with Gasteiger partial charge in [-0.3, -0.25) is 0 Å². The van der Waals surface area contributed by atoms with Crippen LogP contribution in [0.3, 0.4) is 0 Å². The Hall–Kier alpha value is -7.13. The molecule has 0 bridgehead atoms. The van der Waals surface area contributed by atoms with Crippen LogP contribution < -0.4 is 4.90 Å². The van der Waals surface area contributed by atoms with E-state index in [0.29, 0.717) is 0 Å². The molecule has 2 aliphatic carbocycles. The van der Waals surface area contributed by atoms with Crippen molar-refractivity contribution in [3.05, 3.63) is 264 Å². The standard InChI is InChI=1S/C62H47NS/c1-61(2)54-24-12-11-22-52(54)53-23-15-26-56(60(53)61)62(55-25-13-14-27-58(55)64-59-41-47-21-10-9-20-46(47)40-57(59)62)48-32-38-51(39-33-48)63(49-34-28-44(29-35-49)42-16-5-3-6-17-42)50-36-30-45(31-37-50)43-18-7-4-8-19-43/h3-38,40-41,51H,39H2,1-2H3. The summed E-state index contributed by atoms with van der Waals surface area (Å²) in [6, 6.07) is 78.9. The van der Waals surface area contributed by atoms with Crippen LogP contribution in [-0.4, -0.2) is 6.04 Å². The van der Waals surface area contributed by atoms with Crippen molar-refractivity contribution in [2.24, 2.45) is 0 Å². The Kier molecular flexibility index (Phi) is 9.21. The predicted octanol–water partition coefficient (Wildman–Crippen LogP) is 16.4. The molecular formula is C62H47NS. The van der Waals surface area contributed by atoms with Crippen LogP contribution in [0.2, 0.25) is 0 Å². The lowest BCUT2D eigenvalue weighted by Gasteiger charge is -2.46. The largest absolute Gasteiger partial charge is 0.334 e. The molecule has 9 aromatic rings. The van der Waals surface area contributed by atoms with Crippen molar-refractivity contribution in [1.29, 1.82) is 0 Å². The second-order valence-corrected chi connectivity index (χ2v) is 19.0. The van der Waals surface area contributed by atoms with Gasteiger partial charge in [-0.15, -0.1) is 0 Å². The molecule has 0 spiro atoms. The molecule has 0 fully saturated rings. The Morgan fingerprint density at radius 2 is 0.984 bits per heavy atom. The molecule has 1 aliphatic heterocycles. The number of rotatable bonds is 7. The molecule has 9 aromatic carbocycles. The molecule has 1 heterocycles. The third-order valence-electron chi connectivity index (χ3n) is 14.1. The minimum Gasteiger partial charge on any atom is -0.334 e. The van der Waals surface area contributed by atoms with Gasteiger partial charge in [0.25, 0.3) is 0 Å². The average molecular weight is 838 g/mol. The number of hydrogen-bond acceptors (Lipinski definition) is 2. The Balaban J connectivity index is 1.04. The number of anilines is 2. The topological polar surface area (TPSA) is 3.24 Å². The lowest BCUT2D eigenvalue weighted by atomic mass is 9.60. The zero-order valence-electron chi connectivity index (χ0n) is 36.1. The molecule has 2 unspecified atom stereocenters. The fourth-order valence-corrected chi connectivity index (χ4v) is 12.4. The average Bonchev–Trinajstić information content (AvgIpc) is 3.60. The van der Waals surface area contributed by atoms with Crippen molar-refractivity contribution in [2.45, 2.75) is 46.9 Å². The summed E-state index contributed by atoms with van der Waals surface area (Å²) in [5, 5.41) is 2.54. The van der Waals surface area contributed by atoms with Gasteiger partial charge in [-0.1, -0.05) is 214 Å². The van der Waals surface area contributed by atoms with Gasteiger partial charge in [0.1, 0.15) is 0 Å². The molecular weight excluding hydrogens is 791 g/mol. The molecule has 0 aromatic heterocycles. The van der Waals surface area contributed by atoms with Crippen LogP contribution in [0.15, 0.2) is 246 Å². The molecule has 0 saturated carbocycles. The lowest BCUT2D eigenvalue weighted by molar-refractivity contribution is 0.613. The SMILES string of the molecule is CC1(C)c2ccccc2-c2cccc(C3(C4=CCC(N(c5ccc(-c6ccccc6)cc5)c5ccc(-c6ccccc6)cc5)C=C4)c4ccccc4Sc4cc5ccccc5cc43)c21. The van der Waals surface area contributed by atoms with E-state index < -0.39 is 5.41 Å². The van der Waals surface area contributed by atoms with Crippen molar-refractivity contribution < 1.29 is 0 Å². The molecule has 12 rings (SSSR count). The minimum atomic E-state index is -0.577. The molecule has 3 aliphatic rings. The maximum Gasteiger partial charge on any atom is 0.0723 e. The van der Waals surface area contributed by atoms with E-state index in [1.807, 2.05) is 11.8 Å². The smallest absolute Gasteiger partial charge is 0.0723 e. The maximum atomic E-state index is 2.58. The zero-order chi connectivity index (χ0) is 42.8. The molecule has 0 N–H and O–H groups in total. The summed E-state index contributed by atoms with van der Waals surface area (Å²) in [5.74, 6) is 0. The van der Waals surface area contributed by atoms with E-state index >= 15 is 0 Å². The number of nitrogens with zero attached hydrogens (tertiary/aromatic N) is 1. The third-order valence-corrected chi connectivity index (χ3v) is 15.2. The summed E-state index contributed by atoms with van der Waals surface area (Å²) in [6.45, 7) is 4.87. The van der Waals surface area contributed by atoms with Crippen LogP contribution in [0.4, 0.5) is 11.4 Å². The Morgan fingerprint density at radius 3 is 1.62 bits per heavy atom. The van der Waals surface area contributed by atoms with Crippen molar-refractivity contribution >= 4 is 33.9 Å². The predicted molar refractivity (Wildman–Crippen MR) is 270 cm³/mol. The highest BCUT2D eigenvalue weighted by Gasteiger charge is 2.50. The fraction of sp³-hybridized carbons (Fsp3) is 0.0968. The maximum absolute atomic E-state index is 2.58. The third kappa shape index (κ3) is 6.08. The monoisotopic (exact) mass is 837 g/mol. The summed E-state index contributed by atoms with van der Waals surface area (Å²) in [7, 11) is 0. The Morgan fingerprint density at radius 1 is 0.453 bits per heavy atom.